The van der Waals surface area contributed by atoms with Crippen LogP contribution in [0.3, 0.4) is 0 Å². The summed E-state index contributed by atoms with van der Waals surface area (Å²) in [7, 11) is -1.63. The summed E-state index contributed by atoms with van der Waals surface area (Å²) in [6, 6.07) is 5.68. The van der Waals surface area contributed by atoms with Gasteiger partial charge in [0.2, 0.25) is 15.0 Å². The van der Waals surface area contributed by atoms with Gasteiger partial charge in [-0.3, -0.25) is 4.98 Å². The Morgan fingerprint density at radius 1 is 1.32 bits per heavy atom. The van der Waals surface area contributed by atoms with E-state index in [1.165, 1.54) is 6.26 Å². The van der Waals surface area contributed by atoms with Crippen molar-refractivity contribution < 1.29 is 8.42 Å². The van der Waals surface area contributed by atoms with Crippen LogP contribution in [0.5, 0.6) is 0 Å². The Kier molecular flexibility index (Phi) is 2.40. The van der Waals surface area contributed by atoms with Crippen LogP contribution < -0.4 is 0 Å². The average Bonchev–Trinajstić information content (AvgIpc) is 2.68. The molecule has 0 radical (unpaired) electrons. The molecule has 0 atom stereocenters. The van der Waals surface area contributed by atoms with Crippen molar-refractivity contribution in [1.82, 2.24) is 14.5 Å². The zero-order valence-electron chi connectivity index (χ0n) is 10.9. The molecule has 2 heterocycles. The molecule has 0 N–H and O–H groups in total. The van der Waals surface area contributed by atoms with Crippen molar-refractivity contribution in [2.24, 2.45) is 7.05 Å². The number of pyridine rings is 1. The second-order valence-corrected chi connectivity index (χ2v) is 6.60. The molecular formula is C13H13N3O2S. The first-order valence-electron chi connectivity index (χ1n) is 5.80. The standard InChI is InChI=1S/C13H13N3O2S/c1-8-7-10-9(5-4-6-14-10)11-12(8)16(2)13(15-11)19(3,17)18/h4-7H,1-3H3. The summed E-state index contributed by atoms with van der Waals surface area (Å²) in [6.45, 7) is 1.93. The molecule has 0 aliphatic rings. The number of benzene rings is 1. The Morgan fingerprint density at radius 2 is 2.05 bits per heavy atom. The Hall–Kier alpha value is -1.95. The predicted molar refractivity (Wildman–Crippen MR) is 73.9 cm³/mol. The number of fused-ring (bicyclic) bond motifs is 3. The maximum absolute atomic E-state index is 11.8. The summed E-state index contributed by atoms with van der Waals surface area (Å²) in [5.74, 6) is 0. The molecule has 0 spiro atoms. The molecule has 0 unspecified atom stereocenters. The molecule has 2 aromatic heterocycles. The zero-order chi connectivity index (χ0) is 13.8. The molecule has 3 aromatic rings. The van der Waals surface area contributed by atoms with Crippen molar-refractivity contribution in [3.8, 4) is 0 Å². The number of aromatic nitrogens is 3. The number of imidazole rings is 1. The Balaban J connectivity index is 2.60. The summed E-state index contributed by atoms with van der Waals surface area (Å²) < 4.78 is 25.2. The first kappa shape index (κ1) is 12.1. The fourth-order valence-corrected chi connectivity index (χ4v) is 3.30. The molecule has 1 aromatic carbocycles. The lowest BCUT2D eigenvalue weighted by atomic mass is 10.1. The Morgan fingerprint density at radius 3 is 2.74 bits per heavy atom. The number of aryl methyl sites for hydroxylation is 2. The van der Waals surface area contributed by atoms with Gasteiger partial charge in [-0.2, -0.15) is 0 Å². The highest BCUT2D eigenvalue weighted by Crippen LogP contribution is 2.28. The van der Waals surface area contributed by atoms with Gasteiger partial charge in [-0.1, -0.05) is 0 Å². The summed E-state index contributed by atoms with van der Waals surface area (Å²) in [6.07, 6.45) is 2.89. The third-order valence-corrected chi connectivity index (χ3v) is 4.23. The molecule has 0 bridgehead atoms. The van der Waals surface area contributed by atoms with E-state index >= 15 is 0 Å². The van der Waals surface area contributed by atoms with Gasteiger partial charge in [0.25, 0.3) is 0 Å². The zero-order valence-corrected chi connectivity index (χ0v) is 11.7. The van der Waals surface area contributed by atoms with Gasteiger partial charge in [0, 0.05) is 24.9 Å². The van der Waals surface area contributed by atoms with E-state index < -0.39 is 9.84 Å². The molecule has 0 aliphatic heterocycles. The molecule has 0 fully saturated rings. The van der Waals surface area contributed by atoms with Crippen LogP contribution in [0.2, 0.25) is 0 Å². The fraction of sp³-hybridized carbons (Fsp3) is 0.231. The van der Waals surface area contributed by atoms with Crippen molar-refractivity contribution in [3.05, 3.63) is 30.0 Å². The van der Waals surface area contributed by atoms with Crippen LogP contribution in [0, 0.1) is 6.92 Å². The molecule has 19 heavy (non-hydrogen) atoms. The molecule has 5 nitrogen and oxygen atoms in total. The van der Waals surface area contributed by atoms with Gasteiger partial charge in [-0.15, -0.1) is 0 Å². The number of rotatable bonds is 1. The maximum Gasteiger partial charge on any atom is 0.228 e. The molecule has 6 heteroatoms. The van der Waals surface area contributed by atoms with Gasteiger partial charge in [0.1, 0.15) is 0 Å². The largest absolute Gasteiger partial charge is 0.318 e. The second kappa shape index (κ2) is 3.77. The smallest absolute Gasteiger partial charge is 0.228 e. The van der Waals surface area contributed by atoms with E-state index in [0.29, 0.717) is 5.52 Å². The van der Waals surface area contributed by atoms with Crippen LogP contribution in [0.25, 0.3) is 21.9 Å². The highest BCUT2D eigenvalue weighted by Gasteiger charge is 2.19. The monoisotopic (exact) mass is 275 g/mol. The van der Waals surface area contributed by atoms with E-state index in [4.69, 9.17) is 0 Å². The van der Waals surface area contributed by atoms with E-state index in [0.717, 1.165) is 22.0 Å². The Labute approximate surface area is 110 Å². The minimum absolute atomic E-state index is 0.0851. The highest BCUT2D eigenvalue weighted by molar-refractivity contribution is 7.90. The van der Waals surface area contributed by atoms with Crippen molar-refractivity contribution in [3.63, 3.8) is 0 Å². The summed E-state index contributed by atoms with van der Waals surface area (Å²) in [5.41, 5.74) is 3.31. The summed E-state index contributed by atoms with van der Waals surface area (Å²) >= 11 is 0. The van der Waals surface area contributed by atoms with Crippen molar-refractivity contribution in [2.45, 2.75) is 12.1 Å². The van der Waals surface area contributed by atoms with Gasteiger partial charge < -0.3 is 4.57 Å². The third-order valence-electron chi connectivity index (χ3n) is 3.21. The van der Waals surface area contributed by atoms with E-state index in [1.54, 1.807) is 17.8 Å². The first-order valence-corrected chi connectivity index (χ1v) is 7.69. The lowest BCUT2D eigenvalue weighted by Crippen LogP contribution is -2.05. The normalized spacial score (nSPS) is 12.4. The number of hydrogen-bond acceptors (Lipinski definition) is 4. The fourth-order valence-electron chi connectivity index (χ4n) is 2.46. The summed E-state index contributed by atoms with van der Waals surface area (Å²) in [4.78, 5) is 8.60. The van der Waals surface area contributed by atoms with E-state index in [9.17, 15) is 8.42 Å². The average molecular weight is 275 g/mol. The van der Waals surface area contributed by atoms with Gasteiger partial charge >= 0.3 is 0 Å². The van der Waals surface area contributed by atoms with Gasteiger partial charge in [-0.25, -0.2) is 13.4 Å². The van der Waals surface area contributed by atoms with Gasteiger partial charge in [0.05, 0.1) is 16.6 Å². The van der Waals surface area contributed by atoms with E-state index in [2.05, 4.69) is 9.97 Å². The second-order valence-electron chi connectivity index (χ2n) is 4.69. The van der Waals surface area contributed by atoms with Crippen LogP contribution in [0.4, 0.5) is 0 Å². The molecule has 0 aliphatic carbocycles. The topological polar surface area (TPSA) is 64.8 Å². The van der Waals surface area contributed by atoms with Crippen LogP contribution in [0.1, 0.15) is 5.56 Å². The lowest BCUT2D eigenvalue weighted by Gasteiger charge is -2.04. The van der Waals surface area contributed by atoms with Crippen LogP contribution in [-0.4, -0.2) is 29.2 Å². The van der Waals surface area contributed by atoms with Crippen molar-refractivity contribution in [2.75, 3.05) is 6.26 Å². The first-order chi connectivity index (χ1) is 8.89. The molecule has 0 saturated heterocycles. The number of nitrogens with zero attached hydrogens (tertiary/aromatic N) is 3. The minimum Gasteiger partial charge on any atom is -0.318 e. The number of hydrogen-bond donors (Lipinski definition) is 0. The van der Waals surface area contributed by atoms with E-state index in [1.807, 2.05) is 25.1 Å². The quantitative estimate of drug-likeness (QED) is 0.679. The van der Waals surface area contributed by atoms with Crippen LogP contribution in [-0.2, 0) is 16.9 Å². The predicted octanol–water partition coefficient (Wildman–Crippen LogP) is 1.83. The van der Waals surface area contributed by atoms with Gasteiger partial charge in [-0.05, 0) is 30.7 Å². The Bertz CT molecular complexity index is 910. The molecular weight excluding hydrogens is 262 g/mol. The van der Waals surface area contributed by atoms with Gasteiger partial charge in [0.15, 0.2) is 0 Å². The maximum atomic E-state index is 11.8. The van der Waals surface area contributed by atoms with Crippen LogP contribution in [0.15, 0.2) is 29.6 Å². The third kappa shape index (κ3) is 1.71. The molecule has 3 rings (SSSR count). The van der Waals surface area contributed by atoms with Crippen LogP contribution >= 0.6 is 0 Å². The minimum atomic E-state index is -3.35. The lowest BCUT2D eigenvalue weighted by molar-refractivity contribution is 0.587. The summed E-state index contributed by atoms with van der Waals surface area (Å²) in [5, 5.41) is 0.954. The molecule has 0 saturated carbocycles. The number of sulfone groups is 1. The SMILES string of the molecule is Cc1cc2ncccc2c2nc(S(C)(=O)=O)n(C)c12. The van der Waals surface area contributed by atoms with Crippen molar-refractivity contribution >= 4 is 31.8 Å². The molecule has 98 valence electrons. The highest BCUT2D eigenvalue weighted by atomic mass is 32.2. The van der Waals surface area contributed by atoms with E-state index in [-0.39, 0.29) is 5.16 Å². The molecule has 0 amide bonds. The van der Waals surface area contributed by atoms with Crippen molar-refractivity contribution in [1.29, 1.82) is 0 Å².